The molecular weight excluding hydrogens is 290 g/mol. The van der Waals surface area contributed by atoms with Crippen LogP contribution in [0.3, 0.4) is 0 Å². The molecule has 4 rings (SSSR count). The van der Waals surface area contributed by atoms with Crippen molar-refractivity contribution >= 4 is 11.5 Å². The van der Waals surface area contributed by atoms with Crippen LogP contribution in [0.15, 0.2) is 30.1 Å². The molecule has 5 nitrogen and oxygen atoms in total. The Bertz CT molecular complexity index is 620. The largest absolute Gasteiger partial charge is 0.365 e. The van der Waals surface area contributed by atoms with E-state index in [9.17, 15) is 4.79 Å². The first kappa shape index (κ1) is 14.8. The average Bonchev–Trinajstić information content (AvgIpc) is 3.19. The lowest BCUT2D eigenvalue weighted by molar-refractivity contribution is -0.119. The van der Waals surface area contributed by atoms with Gasteiger partial charge in [-0.05, 0) is 69.1 Å². The van der Waals surface area contributed by atoms with E-state index >= 15 is 0 Å². The number of amides is 1. The van der Waals surface area contributed by atoms with E-state index in [-0.39, 0.29) is 24.2 Å². The van der Waals surface area contributed by atoms with Crippen LogP contribution in [0.5, 0.6) is 0 Å². The second kappa shape index (κ2) is 6.06. The Morgan fingerprint density at radius 3 is 2.61 bits per heavy atom. The van der Waals surface area contributed by atoms with Gasteiger partial charge in [0.2, 0.25) is 5.91 Å². The zero-order valence-electron chi connectivity index (χ0n) is 13.5. The molecule has 0 aromatic carbocycles. The molecule has 3 aliphatic heterocycles. The molecule has 4 heterocycles. The first-order valence-corrected chi connectivity index (χ1v) is 8.51. The molecule has 1 aromatic heterocycles. The molecule has 0 unspecified atom stereocenters. The predicted octanol–water partition coefficient (Wildman–Crippen LogP) is 1.61. The fourth-order valence-corrected chi connectivity index (χ4v) is 3.97. The van der Waals surface area contributed by atoms with Crippen LogP contribution in [0.2, 0.25) is 0 Å². The monoisotopic (exact) mass is 313 g/mol. The summed E-state index contributed by atoms with van der Waals surface area (Å²) in [5, 5.41) is 3.25. The number of hydrogen-bond donors (Lipinski definition) is 1. The van der Waals surface area contributed by atoms with E-state index < -0.39 is 0 Å². The number of rotatable bonds is 3. The molecule has 0 aliphatic carbocycles. The first-order valence-electron chi connectivity index (χ1n) is 8.51. The van der Waals surface area contributed by atoms with Crippen molar-refractivity contribution in [2.24, 2.45) is 0 Å². The summed E-state index contributed by atoms with van der Waals surface area (Å²) in [5.74, 6) is 0.0681. The molecule has 1 N–H and O–H groups in total. The van der Waals surface area contributed by atoms with Crippen molar-refractivity contribution in [3.63, 3.8) is 0 Å². The highest BCUT2D eigenvalue weighted by atomic mass is 16.5. The number of ether oxygens (including phenoxy) is 1. The number of nitrogens with one attached hydrogen (secondary N) is 1. The Morgan fingerprint density at radius 1 is 1.17 bits per heavy atom. The van der Waals surface area contributed by atoms with Gasteiger partial charge in [0.25, 0.3) is 0 Å². The minimum Gasteiger partial charge on any atom is -0.365 e. The standard InChI is InChI=1S/C18H23N3O2/c1-21-10-6-13(7-11-21)20-18(22)17-15-3-2-14(23-15)16(17)12-4-8-19-9-5-12/h4-5,8-9,13-15H,2-3,6-7,10-11H2,1H3,(H,20,22)/t14-,15+/m0/s1. The van der Waals surface area contributed by atoms with Crippen LogP contribution in [0.25, 0.3) is 5.57 Å². The number of nitrogens with zero attached hydrogens (tertiary/aromatic N) is 2. The molecule has 122 valence electrons. The van der Waals surface area contributed by atoms with Gasteiger partial charge in [0.15, 0.2) is 0 Å². The van der Waals surface area contributed by atoms with Gasteiger partial charge in [-0.25, -0.2) is 0 Å². The summed E-state index contributed by atoms with van der Waals surface area (Å²) in [5.41, 5.74) is 3.00. The van der Waals surface area contributed by atoms with E-state index in [1.54, 1.807) is 12.4 Å². The number of likely N-dealkylation sites (tertiary alicyclic amines) is 1. The van der Waals surface area contributed by atoms with Crippen molar-refractivity contribution < 1.29 is 9.53 Å². The number of piperidine rings is 1. The number of carbonyl (C=O) groups is 1. The third-order valence-corrected chi connectivity index (χ3v) is 5.24. The van der Waals surface area contributed by atoms with Crippen molar-refractivity contribution in [2.75, 3.05) is 20.1 Å². The van der Waals surface area contributed by atoms with Gasteiger partial charge in [0.1, 0.15) is 0 Å². The average molecular weight is 313 g/mol. The summed E-state index contributed by atoms with van der Waals surface area (Å²) in [7, 11) is 2.13. The van der Waals surface area contributed by atoms with Crippen LogP contribution in [0, 0.1) is 0 Å². The van der Waals surface area contributed by atoms with Crippen molar-refractivity contribution in [1.82, 2.24) is 15.2 Å². The van der Waals surface area contributed by atoms with E-state index in [1.165, 1.54) is 0 Å². The Kier molecular flexibility index (Phi) is 3.91. The predicted molar refractivity (Wildman–Crippen MR) is 87.7 cm³/mol. The summed E-state index contributed by atoms with van der Waals surface area (Å²) in [6.45, 7) is 2.09. The minimum absolute atomic E-state index is 0.0329. The van der Waals surface area contributed by atoms with E-state index in [1.807, 2.05) is 12.1 Å². The number of pyridine rings is 1. The molecule has 23 heavy (non-hydrogen) atoms. The van der Waals surface area contributed by atoms with E-state index in [4.69, 9.17) is 4.74 Å². The molecule has 0 spiro atoms. The van der Waals surface area contributed by atoms with Gasteiger partial charge in [-0.3, -0.25) is 9.78 Å². The third kappa shape index (κ3) is 2.79. The lowest BCUT2D eigenvalue weighted by atomic mass is 9.87. The number of carbonyl (C=O) groups excluding carboxylic acids is 1. The summed E-state index contributed by atoms with van der Waals surface area (Å²) in [6.07, 6.45) is 7.60. The van der Waals surface area contributed by atoms with Crippen molar-refractivity contribution in [1.29, 1.82) is 0 Å². The Labute approximate surface area is 136 Å². The third-order valence-electron chi connectivity index (χ3n) is 5.24. The smallest absolute Gasteiger partial charge is 0.250 e. The van der Waals surface area contributed by atoms with Crippen molar-refractivity contribution in [3.8, 4) is 0 Å². The zero-order valence-corrected chi connectivity index (χ0v) is 13.5. The first-order chi connectivity index (χ1) is 11.2. The molecule has 0 radical (unpaired) electrons. The topological polar surface area (TPSA) is 54.5 Å². The van der Waals surface area contributed by atoms with E-state index in [0.29, 0.717) is 0 Å². The quantitative estimate of drug-likeness (QED) is 0.921. The number of fused-ring (bicyclic) bond motifs is 2. The Hall–Kier alpha value is -1.72. The molecule has 1 aromatic rings. The molecular formula is C18H23N3O2. The van der Waals surface area contributed by atoms with Crippen LogP contribution in [0.1, 0.15) is 31.2 Å². The van der Waals surface area contributed by atoms with Gasteiger partial charge >= 0.3 is 0 Å². The minimum atomic E-state index is -0.0329. The van der Waals surface area contributed by atoms with Crippen molar-refractivity contribution in [2.45, 2.75) is 43.9 Å². The van der Waals surface area contributed by atoms with Crippen LogP contribution < -0.4 is 5.32 Å². The lowest BCUT2D eigenvalue weighted by Crippen LogP contribution is -2.44. The van der Waals surface area contributed by atoms with Crippen LogP contribution in [-0.2, 0) is 9.53 Å². The molecule has 2 bridgehead atoms. The maximum absolute atomic E-state index is 12.9. The van der Waals surface area contributed by atoms with Gasteiger partial charge in [-0.15, -0.1) is 0 Å². The van der Waals surface area contributed by atoms with Crippen LogP contribution in [-0.4, -0.2) is 54.2 Å². The van der Waals surface area contributed by atoms with Gasteiger partial charge < -0.3 is 15.0 Å². The zero-order chi connectivity index (χ0) is 15.8. The normalized spacial score (nSPS) is 28.4. The summed E-state index contributed by atoms with van der Waals surface area (Å²) < 4.78 is 6.02. The molecule has 3 aliphatic rings. The molecule has 1 amide bonds. The molecule has 2 atom stereocenters. The highest BCUT2D eigenvalue weighted by molar-refractivity contribution is 6.04. The number of hydrogen-bond acceptors (Lipinski definition) is 4. The van der Waals surface area contributed by atoms with E-state index in [2.05, 4.69) is 22.2 Å². The van der Waals surface area contributed by atoms with E-state index in [0.717, 1.165) is 55.5 Å². The fraction of sp³-hybridized carbons (Fsp3) is 0.556. The van der Waals surface area contributed by atoms with Gasteiger partial charge in [0.05, 0.1) is 17.8 Å². The van der Waals surface area contributed by atoms with Gasteiger partial charge in [-0.2, -0.15) is 0 Å². The summed E-state index contributed by atoms with van der Waals surface area (Å²) in [6, 6.07) is 4.23. The Balaban J connectivity index is 1.57. The molecule has 0 saturated carbocycles. The summed E-state index contributed by atoms with van der Waals surface area (Å²) in [4.78, 5) is 19.3. The highest BCUT2D eigenvalue weighted by Gasteiger charge is 2.43. The van der Waals surface area contributed by atoms with Crippen LogP contribution in [0.4, 0.5) is 0 Å². The summed E-state index contributed by atoms with van der Waals surface area (Å²) >= 11 is 0. The SMILES string of the molecule is CN1CCC(NC(=O)C2=C(c3ccncc3)[C@@H]3CC[C@H]2O3)CC1. The maximum atomic E-state index is 12.9. The highest BCUT2D eigenvalue weighted by Crippen LogP contribution is 2.44. The Morgan fingerprint density at radius 2 is 1.87 bits per heavy atom. The number of aromatic nitrogens is 1. The van der Waals surface area contributed by atoms with Crippen LogP contribution >= 0.6 is 0 Å². The van der Waals surface area contributed by atoms with Gasteiger partial charge in [-0.1, -0.05) is 0 Å². The molecule has 2 fully saturated rings. The molecule has 5 heteroatoms. The fourth-order valence-electron chi connectivity index (χ4n) is 3.97. The van der Waals surface area contributed by atoms with Gasteiger partial charge in [0, 0.05) is 18.4 Å². The second-order valence-corrected chi connectivity index (χ2v) is 6.80. The lowest BCUT2D eigenvalue weighted by Gasteiger charge is -2.30. The maximum Gasteiger partial charge on any atom is 0.250 e. The molecule has 2 saturated heterocycles. The van der Waals surface area contributed by atoms with Crippen molar-refractivity contribution in [3.05, 3.63) is 35.7 Å². The second-order valence-electron chi connectivity index (χ2n) is 6.80.